The lowest BCUT2D eigenvalue weighted by molar-refractivity contribution is 0.419. The zero-order chi connectivity index (χ0) is 8.10. The molecule has 1 fully saturated rings. The molecule has 0 aromatic heterocycles. The second-order valence-corrected chi connectivity index (χ2v) is 3.88. The predicted octanol–water partition coefficient (Wildman–Crippen LogP) is 3.37. The van der Waals surface area contributed by atoms with E-state index in [4.69, 9.17) is 5.26 Å². The zero-order valence-electron chi connectivity index (χ0n) is 6.52. The van der Waals surface area contributed by atoms with Gasteiger partial charge in [0.2, 0.25) is 0 Å². The molecule has 0 heterocycles. The van der Waals surface area contributed by atoms with E-state index in [0.29, 0.717) is 10.4 Å². The van der Waals surface area contributed by atoms with Crippen molar-refractivity contribution in [2.24, 2.45) is 5.92 Å². The summed E-state index contributed by atoms with van der Waals surface area (Å²) in [6.07, 6.45) is 8.60. The molecule has 11 heavy (non-hydrogen) atoms. The van der Waals surface area contributed by atoms with Crippen molar-refractivity contribution >= 4 is 15.9 Å². The molecule has 1 saturated carbocycles. The average molecular weight is 214 g/mol. The molecule has 0 bridgehead atoms. The summed E-state index contributed by atoms with van der Waals surface area (Å²) in [6, 6.07) is 2.09. The fraction of sp³-hybridized carbons (Fsp3) is 0.667. The number of hydrogen-bond donors (Lipinski definition) is 0. The minimum atomic E-state index is 0.651. The van der Waals surface area contributed by atoms with E-state index in [2.05, 4.69) is 28.1 Å². The first-order chi connectivity index (χ1) is 5.33. The third-order valence-corrected chi connectivity index (χ3v) is 2.58. The van der Waals surface area contributed by atoms with Gasteiger partial charge in [0.25, 0.3) is 0 Å². The third kappa shape index (κ3) is 3.07. The first-order valence-corrected chi connectivity index (χ1v) is 4.89. The number of allylic oxidation sites excluding steroid dienone is 2. The van der Waals surface area contributed by atoms with Gasteiger partial charge in [0.1, 0.15) is 6.07 Å². The Bertz CT molecular complexity index is 184. The predicted molar refractivity (Wildman–Crippen MR) is 49.2 cm³/mol. The molecule has 0 saturated heterocycles. The summed E-state index contributed by atoms with van der Waals surface area (Å²) in [4.78, 5) is 0. The molecule has 0 N–H and O–H groups in total. The second kappa shape index (κ2) is 4.56. The van der Waals surface area contributed by atoms with Crippen LogP contribution in [0.15, 0.2) is 10.6 Å². The van der Waals surface area contributed by atoms with Crippen LogP contribution in [-0.4, -0.2) is 0 Å². The molecule has 0 aromatic rings. The van der Waals surface area contributed by atoms with Crippen LogP contribution in [0, 0.1) is 17.2 Å². The van der Waals surface area contributed by atoms with Gasteiger partial charge in [0.15, 0.2) is 0 Å². The number of nitrogens with zero attached hydrogens (tertiary/aromatic N) is 1. The molecule has 60 valence electrons. The lowest BCUT2D eigenvalue weighted by Gasteiger charge is -2.17. The maximum atomic E-state index is 8.50. The summed E-state index contributed by atoms with van der Waals surface area (Å²) >= 11 is 3.21. The standard InChI is InChI=1S/C9H12BrN/c10-9(7-11)6-8-4-2-1-3-5-8/h6,8H,1-5H2. The Hall–Kier alpha value is -0.290. The number of halogens is 1. The smallest absolute Gasteiger partial charge is 0.106 e. The Labute approximate surface area is 76.2 Å². The molecule has 0 aromatic carbocycles. The van der Waals surface area contributed by atoms with Crippen LogP contribution < -0.4 is 0 Å². The van der Waals surface area contributed by atoms with Crippen molar-refractivity contribution in [3.05, 3.63) is 10.6 Å². The third-order valence-electron chi connectivity index (χ3n) is 2.14. The summed E-state index contributed by atoms with van der Waals surface area (Å²) in [5.74, 6) is 0.651. The highest BCUT2D eigenvalue weighted by molar-refractivity contribution is 9.12. The van der Waals surface area contributed by atoms with Gasteiger partial charge in [0, 0.05) is 0 Å². The largest absolute Gasteiger partial charge is 0.192 e. The van der Waals surface area contributed by atoms with E-state index in [9.17, 15) is 0 Å². The van der Waals surface area contributed by atoms with Gasteiger partial charge in [-0.3, -0.25) is 0 Å². The fourth-order valence-electron chi connectivity index (χ4n) is 1.55. The second-order valence-electron chi connectivity index (χ2n) is 3.02. The Morgan fingerprint density at radius 2 is 2.00 bits per heavy atom. The van der Waals surface area contributed by atoms with Crippen molar-refractivity contribution in [1.82, 2.24) is 0 Å². The number of hydrogen-bond acceptors (Lipinski definition) is 1. The van der Waals surface area contributed by atoms with E-state index in [1.54, 1.807) is 0 Å². The SMILES string of the molecule is N#CC(Br)=CC1CCCCC1. The maximum Gasteiger partial charge on any atom is 0.106 e. The van der Waals surface area contributed by atoms with Crippen LogP contribution in [0.1, 0.15) is 32.1 Å². The molecule has 2 heteroatoms. The minimum absolute atomic E-state index is 0.651. The molecule has 0 atom stereocenters. The molecule has 0 radical (unpaired) electrons. The summed E-state index contributed by atoms with van der Waals surface area (Å²) in [7, 11) is 0. The Morgan fingerprint density at radius 3 is 2.55 bits per heavy atom. The van der Waals surface area contributed by atoms with Crippen LogP contribution in [0.2, 0.25) is 0 Å². The quantitative estimate of drug-likeness (QED) is 0.614. The first-order valence-electron chi connectivity index (χ1n) is 4.10. The van der Waals surface area contributed by atoms with Gasteiger partial charge in [-0.1, -0.05) is 25.3 Å². The van der Waals surface area contributed by atoms with E-state index in [-0.39, 0.29) is 0 Å². The van der Waals surface area contributed by atoms with Crippen molar-refractivity contribution in [2.75, 3.05) is 0 Å². The summed E-state index contributed by atoms with van der Waals surface area (Å²) < 4.78 is 0.699. The normalized spacial score (nSPS) is 21.3. The van der Waals surface area contributed by atoms with Crippen LogP contribution >= 0.6 is 15.9 Å². The van der Waals surface area contributed by atoms with Gasteiger partial charge < -0.3 is 0 Å². The van der Waals surface area contributed by atoms with Gasteiger partial charge in [-0.2, -0.15) is 5.26 Å². The van der Waals surface area contributed by atoms with Gasteiger partial charge in [-0.25, -0.2) is 0 Å². The van der Waals surface area contributed by atoms with Crippen LogP contribution in [0.3, 0.4) is 0 Å². The summed E-state index contributed by atoms with van der Waals surface area (Å²) in [5.41, 5.74) is 0. The van der Waals surface area contributed by atoms with E-state index in [0.717, 1.165) is 0 Å². The Morgan fingerprint density at radius 1 is 1.36 bits per heavy atom. The van der Waals surface area contributed by atoms with E-state index in [1.165, 1.54) is 32.1 Å². The van der Waals surface area contributed by atoms with Crippen LogP contribution in [0.4, 0.5) is 0 Å². The van der Waals surface area contributed by atoms with E-state index < -0.39 is 0 Å². The van der Waals surface area contributed by atoms with Crippen molar-refractivity contribution in [2.45, 2.75) is 32.1 Å². The zero-order valence-corrected chi connectivity index (χ0v) is 8.10. The molecule has 0 unspecified atom stereocenters. The number of rotatable bonds is 1. The number of nitriles is 1. The Balaban J connectivity index is 2.42. The highest BCUT2D eigenvalue weighted by atomic mass is 79.9. The minimum Gasteiger partial charge on any atom is -0.192 e. The van der Waals surface area contributed by atoms with Gasteiger partial charge >= 0.3 is 0 Å². The van der Waals surface area contributed by atoms with Crippen LogP contribution in [0.25, 0.3) is 0 Å². The first kappa shape index (κ1) is 8.80. The molecule has 0 amide bonds. The molecule has 1 aliphatic rings. The molecule has 1 rings (SSSR count). The van der Waals surface area contributed by atoms with Gasteiger partial charge in [-0.15, -0.1) is 0 Å². The highest BCUT2D eigenvalue weighted by Crippen LogP contribution is 2.26. The Kier molecular flexibility index (Phi) is 3.65. The molecular weight excluding hydrogens is 202 g/mol. The van der Waals surface area contributed by atoms with Gasteiger partial charge in [0.05, 0.1) is 4.48 Å². The highest BCUT2D eigenvalue weighted by Gasteiger charge is 2.10. The van der Waals surface area contributed by atoms with Crippen molar-refractivity contribution in [1.29, 1.82) is 5.26 Å². The fourth-order valence-corrected chi connectivity index (χ4v) is 1.92. The van der Waals surface area contributed by atoms with Crippen molar-refractivity contribution < 1.29 is 0 Å². The summed E-state index contributed by atoms with van der Waals surface area (Å²) in [6.45, 7) is 0. The maximum absolute atomic E-state index is 8.50. The molecular formula is C9H12BrN. The van der Waals surface area contributed by atoms with Crippen molar-refractivity contribution in [3.63, 3.8) is 0 Å². The molecule has 0 aliphatic heterocycles. The lowest BCUT2D eigenvalue weighted by Crippen LogP contribution is -2.02. The van der Waals surface area contributed by atoms with E-state index >= 15 is 0 Å². The van der Waals surface area contributed by atoms with Crippen LogP contribution in [0.5, 0.6) is 0 Å². The topological polar surface area (TPSA) is 23.8 Å². The molecule has 1 nitrogen and oxygen atoms in total. The van der Waals surface area contributed by atoms with Crippen LogP contribution in [-0.2, 0) is 0 Å². The van der Waals surface area contributed by atoms with Gasteiger partial charge in [-0.05, 0) is 34.7 Å². The van der Waals surface area contributed by atoms with Crippen molar-refractivity contribution in [3.8, 4) is 6.07 Å². The average Bonchev–Trinajstić information content (AvgIpc) is 2.06. The monoisotopic (exact) mass is 213 g/mol. The lowest BCUT2D eigenvalue weighted by atomic mass is 9.89. The molecule has 1 aliphatic carbocycles. The molecule has 0 spiro atoms. The van der Waals surface area contributed by atoms with E-state index in [1.807, 2.05) is 0 Å². The summed E-state index contributed by atoms with van der Waals surface area (Å²) in [5, 5.41) is 8.50.